The average molecular weight is 272 g/mol. The third-order valence-corrected chi connectivity index (χ3v) is 3.52. The molecule has 6 nitrogen and oxygen atoms in total. The number of hydrogen-bond donors (Lipinski definition) is 2. The van der Waals surface area contributed by atoms with Crippen molar-refractivity contribution in [2.24, 2.45) is 11.8 Å². The van der Waals surface area contributed by atoms with Crippen molar-refractivity contribution in [1.82, 2.24) is 10.2 Å². The highest BCUT2D eigenvalue weighted by molar-refractivity contribution is 5.76. The summed E-state index contributed by atoms with van der Waals surface area (Å²) < 4.78 is 5.41. The van der Waals surface area contributed by atoms with E-state index in [0.717, 1.165) is 12.8 Å². The van der Waals surface area contributed by atoms with Crippen LogP contribution in [0.1, 0.15) is 26.7 Å². The molecule has 0 saturated heterocycles. The fourth-order valence-electron chi connectivity index (χ4n) is 2.19. The third kappa shape index (κ3) is 4.70. The van der Waals surface area contributed by atoms with Crippen LogP contribution in [0.25, 0.3) is 0 Å². The van der Waals surface area contributed by atoms with Gasteiger partial charge in [-0.05, 0) is 25.7 Å². The number of methoxy groups -OCH3 is 1. The summed E-state index contributed by atoms with van der Waals surface area (Å²) in [5.41, 5.74) is 0. The molecule has 0 aromatic rings. The topological polar surface area (TPSA) is 78.9 Å². The van der Waals surface area contributed by atoms with E-state index in [0.29, 0.717) is 5.92 Å². The second-order valence-electron chi connectivity index (χ2n) is 5.40. The van der Waals surface area contributed by atoms with E-state index >= 15 is 0 Å². The molecule has 0 spiro atoms. The molecule has 1 aliphatic rings. The van der Waals surface area contributed by atoms with Crippen molar-refractivity contribution in [2.45, 2.75) is 38.8 Å². The van der Waals surface area contributed by atoms with Crippen LogP contribution in [0.15, 0.2) is 0 Å². The molecule has 1 rings (SSSR count). The van der Waals surface area contributed by atoms with Gasteiger partial charge in [0, 0.05) is 20.7 Å². The van der Waals surface area contributed by atoms with Crippen LogP contribution in [0.3, 0.4) is 0 Å². The van der Waals surface area contributed by atoms with Gasteiger partial charge >= 0.3 is 12.0 Å². The van der Waals surface area contributed by atoms with E-state index in [-0.39, 0.29) is 24.7 Å². The first kappa shape index (κ1) is 15.8. The molecule has 1 saturated carbocycles. The van der Waals surface area contributed by atoms with Crippen molar-refractivity contribution >= 4 is 12.0 Å². The number of ether oxygens (including phenoxy) is 1. The Morgan fingerprint density at radius 2 is 2.00 bits per heavy atom. The molecule has 3 atom stereocenters. The summed E-state index contributed by atoms with van der Waals surface area (Å²) in [4.78, 5) is 24.1. The molecule has 1 aliphatic carbocycles. The zero-order valence-electron chi connectivity index (χ0n) is 12.0. The van der Waals surface area contributed by atoms with E-state index in [9.17, 15) is 9.59 Å². The van der Waals surface area contributed by atoms with Gasteiger partial charge in [0.1, 0.15) is 0 Å². The number of amides is 2. The van der Waals surface area contributed by atoms with Crippen molar-refractivity contribution in [3.05, 3.63) is 0 Å². The lowest BCUT2D eigenvalue weighted by molar-refractivity contribution is -0.141. The quantitative estimate of drug-likeness (QED) is 0.729. The first-order chi connectivity index (χ1) is 8.86. The van der Waals surface area contributed by atoms with Gasteiger partial charge in [0.25, 0.3) is 0 Å². The van der Waals surface area contributed by atoms with Crippen molar-refractivity contribution in [3.8, 4) is 0 Å². The Balaban J connectivity index is 2.42. The molecule has 110 valence electrons. The Labute approximate surface area is 114 Å². The number of nitrogens with one attached hydrogen (secondary N) is 1. The number of hydrogen-bond acceptors (Lipinski definition) is 3. The number of nitrogens with zero attached hydrogens (tertiary/aromatic N) is 1. The monoisotopic (exact) mass is 272 g/mol. The molecular weight excluding hydrogens is 248 g/mol. The lowest BCUT2D eigenvalue weighted by Crippen LogP contribution is -2.49. The van der Waals surface area contributed by atoms with Crippen LogP contribution in [0.2, 0.25) is 0 Å². The molecule has 3 unspecified atom stereocenters. The highest BCUT2D eigenvalue weighted by Gasteiger charge is 2.35. The van der Waals surface area contributed by atoms with Gasteiger partial charge in [-0.2, -0.15) is 0 Å². The largest absolute Gasteiger partial charge is 0.481 e. The minimum absolute atomic E-state index is 0.0363. The molecule has 0 aromatic carbocycles. The Morgan fingerprint density at radius 1 is 1.42 bits per heavy atom. The molecule has 1 fully saturated rings. The maximum Gasteiger partial charge on any atom is 0.317 e. The van der Waals surface area contributed by atoms with E-state index in [1.807, 2.05) is 6.92 Å². The first-order valence-corrected chi connectivity index (χ1v) is 6.64. The molecule has 19 heavy (non-hydrogen) atoms. The van der Waals surface area contributed by atoms with Gasteiger partial charge in [0.2, 0.25) is 0 Å². The lowest BCUT2D eigenvalue weighted by Gasteiger charge is -2.27. The number of carboxylic acid groups (broad SMARTS) is 1. The Kier molecular flexibility index (Phi) is 5.60. The summed E-state index contributed by atoms with van der Waals surface area (Å²) in [6, 6.07) is -0.337. The number of aliphatic carboxylic acids is 1. The number of rotatable bonds is 7. The minimum Gasteiger partial charge on any atom is -0.481 e. The van der Waals surface area contributed by atoms with E-state index < -0.39 is 11.9 Å². The predicted molar refractivity (Wildman–Crippen MR) is 70.9 cm³/mol. The van der Waals surface area contributed by atoms with Crippen molar-refractivity contribution in [2.75, 3.05) is 20.7 Å². The van der Waals surface area contributed by atoms with Crippen LogP contribution in [0.5, 0.6) is 0 Å². The molecule has 0 aliphatic heterocycles. The zero-order valence-corrected chi connectivity index (χ0v) is 12.0. The van der Waals surface area contributed by atoms with Crippen molar-refractivity contribution < 1.29 is 19.4 Å². The smallest absolute Gasteiger partial charge is 0.317 e. The van der Waals surface area contributed by atoms with Crippen LogP contribution < -0.4 is 5.32 Å². The van der Waals surface area contributed by atoms with Gasteiger partial charge < -0.3 is 20.1 Å². The molecule has 0 heterocycles. The van der Waals surface area contributed by atoms with Gasteiger partial charge in [0.15, 0.2) is 0 Å². The Hall–Kier alpha value is -1.30. The summed E-state index contributed by atoms with van der Waals surface area (Å²) >= 11 is 0. The molecule has 0 radical (unpaired) electrons. The van der Waals surface area contributed by atoms with Gasteiger partial charge in [-0.25, -0.2) is 4.79 Å². The zero-order chi connectivity index (χ0) is 14.6. The normalized spacial score (nSPS) is 19.4. The molecule has 2 amide bonds. The van der Waals surface area contributed by atoms with Gasteiger partial charge in [0.05, 0.1) is 18.1 Å². The standard InChI is InChI=1S/C13H24N2O4/c1-8(12(16)17)7-15(3)13(18)14-9(2)11(19-4)10-5-6-10/h8-11H,5-7H2,1-4H3,(H,14,18)(H,16,17). The van der Waals surface area contributed by atoms with Crippen LogP contribution in [0.4, 0.5) is 4.79 Å². The highest BCUT2D eigenvalue weighted by atomic mass is 16.5. The van der Waals surface area contributed by atoms with Gasteiger partial charge in [-0.3, -0.25) is 4.79 Å². The summed E-state index contributed by atoms with van der Waals surface area (Å²) in [6.45, 7) is 3.69. The van der Waals surface area contributed by atoms with Crippen LogP contribution in [-0.4, -0.2) is 54.9 Å². The van der Waals surface area contributed by atoms with Crippen LogP contribution in [0, 0.1) is 11.8 Å². The number of carboxylic acids is 1. The minimum atomic E-state index is -0.902. The number of urea groups is 1. The highest BCUT2D eigenvalue weighted by Crippen LogP contribution is 2.35. The van der Waals surface area contributed by atoms with Gasteiger partial charge in [-0.15, -0.1) is 0 Å². The van der Waals surface area contributed by atoms with Gasteiger partial charge in [-0.1, -0.05) is 6.92 Å². The maximum absolute atomic E-state index is 11.9. The van der Waals surface area contributed by atoms with Crippen molar-refractivity contribution in [1.29, 1.82) is 0 Å². The second-order valence-corrected chi connectivity index (χ2v) is 5.40. The van der Waals surface area contributed by atoms with Crippen LogP contribution in [-0.2, 0) is 9.53 Å². The molecule has 6 heteroatoms. The maximum atomic E-state index is 11.9. The molecular formula is C13H24N2O4. The van der Waals surface area contributed by atoms with Crippen LogP contribution >= 0.6 is 0 Å². The SMILES string of the molecule is COC(C1CC1)C(C)NC(=O)N(C)CC(C)C(=O)O. The molecule has 2 N–H and O–H groups in total. The summed E-state index contributed by atoms with van der Waals surface area (Å²) in [5, 5.41) is 11.7. The predicted octanol–water partition coefficient (Wildman–Crippen LogP) is 1.16. The third-order valence-electron chi connectivity index (χ3n) is 3.52. The summed E-state index contributed by atoms with van der Waals surface area (Å²) in [5.74, 6) is -0.947. The number of carbonyl (C=O) groups is 2. The summed E-state index contributed by atoms with van der Waals surface area (Å²) in [7, 11) is 3.25. The van der Waals surface area contributed by atoms with Crippen molar-refractivity contribution in [3.63, 3.8) is 0 Å². The van der Waals surface area contributed by atoms with E-state index in [1.165, 1.54) is 4.90 Å². The fraction of sp³-hybridized carbons (Fsp3) is 0.846. The van der Waals surface area contributed by atoms with E-state index in [4.69, 9.17) is 9.84 Å². The Bertz CT molecular complexity index is 331. The summed E-state index contributed by atoms with van der Waals surface area (Å²) in [6.07, 6.45) is 2.32. The molecule has 0 aromatic heterocycles. The lowest BCUT2D eigenvalue weighted by atomic mass is 10.1. The first-order valence-electron chi connectivity index (χ1n) is 6.64. The number of carbonyl (C=O) groups excluding carboxylic acids is 1. The van der Waals surface area contributed by atoms with E-state index in [1.54, 1.807) is 21.1 Å². The molecule has 0 bridgehead atoms. The average Bonchev–Trinajstić information content (AvgIpc) is 3.13. The van der Waals surface area contributed by atoms with E-state index in [2.05, 4.69) is 5.32 Å². The second kappa shape index (κ2) is 6.75. The fourth-order valence-corrected chi connectivity index (χ4v) is 2.19. The Morgan fingerprint density at radius 3 is 2.42 bits per heavy atom.